The van der Waals surface area contributed by atoms with Gasteiger partial charge in [0.1, 0.15) is 17.5 Å². The van der Waals surface area contributed by atoms with Gasteiger partial charge in [-0.05, 0) is 45.1 Å². The molecule has 1 atom stereocenters. The Bertz CT molecular complexity index is 862. The lowest BCUT2D eigenvalue weighted by molar-refractivity contribution is -0.117. The van der Waals surface area contributed by atoms with Crippen molar-refractivity contribution >= 4 is 24.4 Å². The van der Waals surface area contributed by atoms with E-state index in [9.17, 15) is 13.6 Å². The number of amides is 1. The van der Waals surface area contributed by atoms with Crippen LogP contribution in [0.2, 0.25) is 0 Å². The lowest BCUT2D eigenvalue weighted by Crippen LogP contribution is -2.49. The summed E-state index contributed by atoms with van der Waals surface area (Å²) in [7, 11) is 0. The minimum absolute atomic E-state index is 0. The molecule has 2 saturated heterocycles. The van der Waals surface area contributed by atoms with Crippen LogP contribution in [0.3, 0.4) is 0 Å². The number of hydrogen-bond donors (Lipinski definition) is 2. The van der Waals surface area contributed by atoms with Crippen LogP contribution in [0.5, 0.6) is 0 Å². The van der Waals surface area contributed by atoms with Crippen molar-refractivity contribution < 1.29 is 15.0 Å². The largest absolute Gasteiger partial charge is 0.360 e. The van der Waals surface area contributed by atoms with E-state index in [4.69, 9.17) is 0 Å². The molecule has 1 aromatic rings. The standard InChI is InChI=1S/C22H31F2N5OS.C3H8.H2/c1-15-4-3-7-29(14-15)18-5-8-28(9-6-18)16(2)25-13-21(31)22(30)27-12-20-19(24)10-17(23)11-26-20;1-3-2;/h10-11,13,15,18,31H,3-9,12,14H2,1-2H3,(H,27,30);3H2,1-2H3;1H/b21-13-,25-16?;;. The van der Waals surface area contributed by atoms with Crippen LogP contribution in [-0.2, 0) is 11.3 Å². The molecule has 192 valence electrons. The van der Waals surface area contributed by atoms with Crippen molar-refractivity contribution in [3.63, 3.8) is 0 Å². The van der Waals surface area contributed by atoms with Crippen molar-refractivity contribution in [3.05, 3.63) is 40.7 Å². The summed E-state index contributed by atoms with van der Waals surface area (Å²) in [6.07, 6.45) is 8.43. The number of aliphatic imine (C=N–C) groups is 1. The Labute approximate surface area is 209 Å². The number of carbonyl (C=O) groups excluding carboxylic acids is 1. The van der Waals surface area contributed by atoms with Crippen LogP contribution in [0.25, 0.3) is 0 Å². The van der Waals surface area contributed by atoms with Crippen LogP contribution < -0.4 is 5.32 Å². The quantitative estimate of drug-likeness (QED) is 0.259. The summed E-state index contributed by atoms with van der Waals surface area (Å²) in [5.41, 5.74) is -0.0402. The maximum absolute atomic E-state index is 13.6. The van der Waals surface area contributed by atoms with Crippen LogP contribution >= 0.6 is 12.6 Å². The number of nitrogens with one attached hydrogen (secondary N) is 1. The second-order valence-electron chi connectivity index (χ2n) is 9.12. The topological polar surface area (TPSA) is 60.8 Å². The van der Waals surface area contributed by atoms with Crippen LogP contribution in [0.4, 0.5) is 8.78 Å². The number of rotatable bonds is 5. The average molecular weight is 498 g/mol. The fourth-order valence-electron chi connectivity index (χ4n) is 4.23. The molecule has 1 aromatic heterocycles. The summed E-state index contributed by atoms with van der Waals surface area (Å²) in [5, 5.41) is 2.51. The van der Waals surface area contributed by atoms with E-state index >= 15 is 0 Å². The van der Waals surface area contributed by atoms with Gasteiger partial charge in [0, 0.05) is 39.4 Å². The molecule has 3 heterocycles. The molecule has 1 amide bonds. The van der Waals surface area contributed by atoms with Gasteiger partial charge in [-0.15, -0.1) is 12.6 Å². The van der Waals surface area contributed by atoms with Gasteiger partial charge in [0.2, 0.25) is 0 Å². The summed E-state index contributed by atoms with van der Waals surface area (Å²) in [6.45, 7) is 12.7. The molecule has 0 bridgehead atoms. The number of nitrogens with zero attached hydrogens (tertiary/aromatic N) is 4. The van der Waals surface area contributed by atoms with Crippen molar-refractivity contribution in [1.29, 1.82) is 0 Å². The predicted molar refractivity (Wildman–Crippen MR) is 139 cm³/mol. The molecule has 2 aliphatic rings. The van der Waals surface area contributed by atoms with E-state index in [1.165, 1.54) is 38.6 Å². The number of piperidine rings is 2. The fourth-order valence-corrected chi connectivity index (χ4v) is 4.37. The number of carbonyl (C=O) groups is 1. The summed E-state index contributed by atoms with van der Waals surface area (Å²) >= 11 is 4.19. The van der Waals surface area contributed by atoms with Gasteiger partial charge in [0.15, 0.2) is 0 Å². The highest BCUT2D eigenvalue weighted by molar-refractivity contribution is 7.85. The molecule has 3 rings (SSSR count). The first-order chi connectivity index (χ1) is 16.2. The van der Waals surface area contributed by atoms with Crippen LogP contribution in [0.1, 0.15) is 66.9 Å². The zero-order valence-corrected chi connectivity index (χ0v) is 21.8. The van der Waals surface area contributed by atoms with E-state index < -0.39 is 17.5 Å². The Hall–Kier alpha value is -2.00. The summed E-state index contributed by atoms with van der Waals surface area (Å²) in [4.78, 5) is 25.2. The molecule has 1 unspecified atom stereocenters. The minimum Gasteiger partial charge on any atom is -0.360 e. The van der Waals surface area contributed by atoms with E-state index in [1.807, 2.05) is 6.92 Å². The number of aromatic nitrogens is 1. The lowest BCUT2D eigenvalue weighted by Gasteiger charge is -2.42. The zero-order chi connectivity index (χ0) is 25.1. The minimum atomic E-state index is -0.804. The van der Waals surface area contributed by atoms with Gasteiger partial charge >= 0.3 is 0 Å². The molecule has 0 radical (unpaired) electrons. The van der Waals surface area contributed by atoms with Crippen LogP contribution in [0.15, 0.2) is 28.4 Å². The molecule has 34 heavy (non-hydrogen) atoms. The molecule has 0 aliphatic carbocycles. The van der Waals surface area contributed by atoms with Gasteiger partial charge in [0.05, 0.1) is 23.3 Å². The highest BCUT2D eigenvalue weighted by Gasteiger charge is 2.27. The Morgan fingerprint density at radius 3 is 2.59 bits per heavy atom. The van der Waals surface area contributed by atoms with E-state index in [0.29, 0.717) is 6.04 Å². The van der Waals surface area contributed by atoms with Gasteiger partial charge < -0.3 is 10.2 Å². The van der Waals surface area contributed by atoms with E-state index in [1.54, 1.807) is 0 Å². The highest BCUT2D eigenvalue weighted by atomic mass is 32.1. The zero-order valence-electron chi connectivity index (χ0n) is 20.9. The third-order valence-corrected chi connectivity index (χ3v) is 6.35. The third kappa shape index (κ3) is 8.98. The molecule has 6 nitrogen and oxygen atoms in total. The Kier molecular flexibility index (Phi) is 12.0. The normalized spacial score (nSPS) is 20.6. The molecular formula is C25H41F2N5OS. The lowest BCUT2D eigenvalue weighted by atomic mass is 9.95. The second-order valence-corrected chi connectivity index (χ2v) is 9.60. The number of halogens is 2. The Balaban J connectivity index is 0.00000145. The second kappa shape index (κ2) is 14.4. The Morgan fingerprint density at radius 2 is 1.97 bits per heavy atom. The van der Waals surface area contributed by atoms with Gasteiger partial charge in [-0.2, -0.15) is 0 Å². The number of thiol groups is 1. The molecule has 0 spiro atoms. The van der Waals surface area contributed by atoms with Crippen molar-refractivity contribution in [3.8, 4) is 0 Å². The number of amidine groups is 1. The summed E-state index contributed by atoms with van der Waals surface area (Å²) in [6, 6.07) is 1.38. The average Bonchev–Trinajstić information content (AvgIpc) is 2.82. The van der Waals surface area contributed by atoms with Crippen LogP contribution in [0, 0.1) is 17.6 Å². The summed E-state index contributed by atoms with van der Waals surface area (Å²) < 4.78 is 26.5. The summed E-state index contributed by atoms with van der Waals surface area (Å²) in [5.74, 6) is -0.433. The number of pyridine rings is 1. The molecule has 0 aromatic carbocycles. The molecular weight excluding hydrogens is 456 g/mol. The first-order valence-corrected chi connectivity index (χ1v) is 12.7. The molecule has 2 fully saturated rings. The smallest absolute Gasteiger partial charge is 0.259 e. The number of likely N-dealkylation sites (tertiary alicyclic amines) is 2. The Morgan fingerprint density at radius 1 is 1.29 bits per heavy atom. The first-order valence-electron chi connectivity index (χ1n) is 12.3. The maximum atomic E-state index is 13.6. The van der Waals surface area contributed by atoms with Gasteiger partial charge in [-0.3, -0.25) is 14.7 Å². The van der Waals surface area contributed by atoms with Gasteiger partial charge in [-0.1, -0.05) is 27.2 Å². The van der Waals surface area contributed by atoms with Crippen molar-refractivity contribution in [2.75, 3.05) is 26.2 Å². The molecule has 1 N–H and O–H groups in total. The van der Waals surface area contributed by atoms with Gasteiger partial charge in [-0.25, -0.2) is 13.8 Å². The van der Waals surface area contributed by atoms with Crippen molar-refractivity contribution in [2.24, 2.45) is 10.9 Å². The molecule has 0 saturated carbocycles. The molecule has 9 heteroatoms. The van der Waals surface area contributed by atoms with E-state index in [-0.39, 0.29) is 18.6 Å². The maximum Gasteiger partial charge on any atom is 0.259 e. The fraction of sp³-hybridized carbons (Fsp3) is 0.640. The predicted octanol–water partition coefficient (Wildman–Crippen LogP) is 5.02. The van der Waals surface area contributed by atoms with E-state index in [0.717, 1.165) is 49.9 Å². The first kappa shape index (κ1) is 28.2. The highest BCUT2D eigenvalue weighted by Crippen LogP contribution is 2.23. The van der Waals surface area contributed by atoms with Crippen molar-refractivity contribution in [2.45, 2.75) is 72.4 Å². The molecule has 2 aliphatic heterocycles. The number of hydrogen-bond acceptors (Lipinski definition) is 5. The SMILES string of the molecule is CC(=N/C=C(\S)C(=O)NCc1ncc(F)cc1F)N1CCC(N2CCCC(C)C2)CC1.CCC.[HH]. The third-order valence-electron chi connectivity index (χ3n) is 6.03. The van der Waals surface area contributed by atoms with Crippen LogP contribution in [-0.4, -0.2) is 58.7 Å². The van der Waals surface area contributed by atoms with Crippen molar-refractivity contribution in [1.82, 2.24) is 20.1 Å². The monoisotopic (exact) mass is 497 g/mol. The van der Waals surface area contributed by atoms with Gasteiger partial charge in [0.25, 0.3) is 5.91 Å². The van der Waals surface area contributed by atoms with E-state index in [2.05, 4.69) is 58.5 Å².